The zero-order valence-electron chi connectivity index (χ0n) is 68.0. The lowest BCUT2D eigenvalue weighted by Crippen LogP contribution is -2.27. The zero-order chi connectivity index (χ0) is 85.5. The standard InChI is InChI=1S/C20H22BrNO2.4C19H20BrNO3/c1-3-15-13-22(17-9-7-16(21)8-10-17)20(23)19(15)12-14-5-4-6-18(11-14)24-2;4*1-24-17-4-2-3-13(9-17)10-18-14(12-22)11-21(19(18)23)16-7-5-15(20)6-8-16/h4-11,15,19H,3,12-13H2,1-2H3;4*2-9,14,18,22H,10-12H2,1H3/t;3*14-,18-;/m.110./s1. The number of nitrogens with zero attached hydrogens (tertiary/aromatic N) is 5. The molecular formula is C96H102Br5N5O14. The Bertz CT molecular complexity index is 4310. The van der Waals surface area contributed by atoms with Crippen molar-refractivity contribution in [3.63, 3.8) is 0 Å². The second-order valence-corrected chi connectivity index (χ2v) is 35.0. The van der Waals surface area contributed by atoms with E-state index >= 15 is 0 Å². The largest absolute Gasteiger partial charge is 0.497 e. The van der Waals surface area contributed by atoms with Crippen LogP contribution in [-0.2, 0) is 56.1 Å². The second kappa shape index (κ2) is 44.5. The van der Waals surface area contributed by atoms with Crippen LogP contribution >= 0.6 is 79.6 Å². The maximum atomic E-state index is 13.0. The number of aliphatic hydroxyl groups is 4. The fraction of sp³-hybridized carbons (Fsp3) is 0.323. The van der Waals surface area contributed by atoms with Crippen molar-refractivity contribution in [2.24, 2.45) is 59.2 Å². The van der Waals surface area contributed by atoms with E-state index in [4.69, 9.17) is 23.7 Å². The first kappa shape index (κ1) is 91.5. The van der Waals surface area contributed by atoms with Gasteiger partial charge >= 0.3 is 0 Å². The molecule has 0 aromatic heterocycles. The Kier molecular flexibility index (Phi) is 34.0. The van der Waals surface area contributed by atoms with E-state index in [0.29, 0.717) is 57.8 Å². The molecule has 4 unspecified atom stereocenters. The number of hydrogen-bond donors (Lipinski definition) is 4. The van der Waals surface area contributed by atoms with Gasteiger partial charge in [-0.25, -0.2) is 0 Å². The van der Waals surface area contributed by atoms with Crippen LogP contribution in [0.1, 0.15) is 41.2 Å². The van der Waals surface area contributed by atoms with E-state index in [1.54, 1.807) is 55.1 Å². The summed E-state index contributed by atoms with van der Waals surface area (Å²) < 4.78 is 31.2. The molecule has 630 valence electrons. The average molecular weight is 1950 g/mol. The molecule has 5 aliphatic heterocycles. The molecule has 19 nitrogen and oxygen atoms in total. The van der Waals surface area contributed by atoms with E-state index in [0.717, 1.165) is 127 Å². The molecule has 0 bridgehead atoms. The Hall–Kier alpha value is -9.21. The summed E-state index contributed by atoms with van der Waals surface area (Å²) in [7, 11) is 8.19. The van der Waals surface area contributed by atoms with Gasteiger partial charge in [0, 0.05) is 163 Å². The van der Waals surface area contributed by atoms with E-state index in [1.165, 1.54) is 0 Å². The van der Waals surface area contributed by atoms with E-state index in [-0.39, 0.29) is 109 Å². The van der Waals surface area contributed by atoms with Crippen molar-refractivity contribution in [2.75, 3.05) is 119 Å². The molecule has 24 heteroatoms. The van der Waals surface area contributed by atoms with Crippen LogP contribution < -0.4 is 48.2 Å². The van der Waals surface area contributed by atoms with Crippen molar-refractivity contribution in [3.8, 4) is 28.7 Å². The fourth-order valence-corrected chi connectivity index (χ4v) is 17.5. The van der Waals surface area contributed by atoms with Gasteiger partial charge in [-0.3, -0.25) is 24.0 Å². The number of hydrogen-bond acceptors (Lipinski definition) is 14. The van der Waals surface area contributed by atoms with Gasteiger partial charge < -0.3 is 68.6 Å². The van der Waals surface area contributed by atoms with Gasteiger partial charge in [0.2, 0.25) is 29.5 Å². The maximum Gasteiger partial charge on any atom is 0.230 e. The highest BCUT2D eigenvalue weighted by atomic mass is 79.9. The van der Waals surface area contributed by atoms with Gasteiger partial charge in [-0.1, -0.05) is 154 Å². The van der Waals surface area contributed by atoms with Gasteiger partial charge in [0.25, 0.3) is 0 Å². The molecule has 0 saturated carbocycles. The van der Waals surface area contributed by atoms with Crippen LogP contribution in [0.3, 0.4) is 0 Å². The number of methoxy groups -OCH3 is 5. The summed E-state index contributed by atoms with van der Waals surface area (Å²) in [5, 5.41) is 38.9. The Morgan fingerprint density at radius 2 is 0.433 bits per heavy atom. The van der Waals surface area contributed by atoms with E-state index in [9.17, 15) is 44.4 Å². The number of carbonyl (C=O) groups is 5. The Morgan fingerprint density at radius 1 is 0.267 bits per heavy atom. The van der Waals surface area contributed by atoms with E-state index in [2.05, 4.69) is 92.6 Å². The van der Waals surface area contributed by atoms with Crippen LogP contribution in [0.25, 0.3) is 0 Å². The number of rotatable bonds is 25. The smallest absolute Gasteiger partial charge is 0.230 e. The first-order valence-corrected chi connectivity index (χ1v) is 44.0. The quantitative estimate of drug-likeness (QED) is 0.0417. The molecule has 15 rings (SSSR count). The van der Waals surface area contributed by atoms with Gasteiger partial charge in [-0.15, -0.1) is 0 Å². The van der Waals surface area contributed by atoms with Gasteiger partial charge in [-0.2, -0.15) is 0 Å². The minimum absolute atomic E-state index is 0.00734. The van der Waals surface area contributed by atoms with Crippen LogP contribution in [0, 0.1) is 59.2 Å². The number of halogens is 5. The predicted octanol–water partition coefficient (Wildman–Crippen LogP) is 17.8. The molecule has 5 fully saturated rings. The summed E-state index contributed by atoms with van der Waals surface area (Å²) in [5.74, 6) is 3.77. The summed E-state index contributed by atoms with van der Waals surface area (Å²) in [6.07, 6.45) is 4.19. The predicted molar refractivity (Wildman–Crippen MR) is 489 cm³/mol. The van der Waals surface area contributed by atoms with Crippen molar-refractivity contribution in [2.45, 2.75) is 45.4 Å². The molecule has 0 spiro atoms. The van der Waals surface area contributed by atoms with Crippen molar-refractivity contribution in [1.82, 2.24) is 0 Å². The summed E-state index contributed by atoms with van der Waals surface area (Å²) in [4.78, 5) is 73.6. The molecule has 120 heavy (non-hydrogen) atoms. The van der Waals surface area contributed by atoms with Crippen LogP contribution in [0.15, 0.2) is 265 Å². The first-order valence-electron chi connectivity index (χ1n) is 40.0. The van der Waals surface area contributed by atoms with Crippen molar-refractivity contribution < 1.29 is 68.1 Å². The molecule has 5 heterocycles. The number of anilines is 5. The number of aliphatic hydroxyl groups excluding tert-OH is 4. The Labute approximate surface area is 745 Å². The van der Waals surface area contributed by atoms with Crippen molar-refractivity contribution in [3.05, 3.63) is 293 Å². The molecule has 0 aliphatic carbocycles. The minimum Gasteiger partial charge on any atom is -0.497 e. The Morgan fingerprint density at radius 3 is 0.592 bits per heavy atom. The summed E-state index contributed by atoms with van der Waals surface area (Å²) in [6.45, 7) is 5.18. The maximum absolute atomic E-state index is 13.0. The topological polar surface area (TPSA) is 229 Å². The third kappa shape index (κ3) is 23.7. The number of benzene rings is 10. The van der Waals surface area contributed by atoms with E-state index in [1.807, 2.05) is 241 Å². The first-order chi connectivity index (χ1) is 58.1. The van der Waals surface area contributed by atoms with Crippen LogP contribution in [0.2, 0.25) is 0 Å². The van der Waals surface area contributed by atoms with Crippen molar-refractivity contribution >= 4 is 138 Å². The minimum atomic E-state index is -0.217. The highest BCUT2D eigenvalue weighted by Gasteiger charge is 2.45. The molecule has 10 aromatic rings. The Balaban J connectivity index is 0.000000147. The monoisotopic (exact) mass is 1940 g/mol. The number of amides is 5. The van der Waals surface area contributed by atoms with E-state index < -0.39 is 0 Å². The van der Waals surface area contributed by atoms with Gasteiger partial charge in [0.1, 0.15) is 28.7 Å². The third-order valence-corrected chi connectivity index (χ3v) is 25.6. The highest BCUT2D eigenvalue weighted by Crippen LogP contribution is 2.40. The molecule has 5 aliphatic rings. The van der Waals surface area contributed by atoms with Gasteiger partial charge in [-0.05, 0) is 248 Å². The lowest BCUT2D eigenvalue weighted by molar-refractivity contribution is -0.122. The molecule has 10 aromatic carbocycles. The molecular weight excluding hydrogens is 1850 g/mol. The molecule has 5 saturated heterocycles. The van der Waals surface area contributed by atoms with Crippen LogP contribution in [0.4, 0.5) is 28.4 Å². The fourth-order valence-electron chi connectivity index (χ4n) is 16.2. The normalized spacial score (nSPS) is 20.5. The summed E-state index contributed by atoms with van der Waals surface area (Å²) in [6, 6.07) is 77.8. The summed E-state index contributed by atoms with van der Waals surface area (Å²) in [5.41, 5.74) is 9.80. The SMILES string of the molecule is CCC1CN(c2ccc(Br)cc2)C(=O)C1Cc1cccc(OC)c1.COc1cccc(CC2C(=O)N(c3ccc(Br)cc3)CC2CO)c1.COc1cccc(C[C@@H]2C(=O)N(c3ccc(Br)cc3)C[C@H]2CO)c1.COc1cccc(C[C@H]2C(=O)N(c3ccc(Br)cc3)C[C@@H]2CO)c1.COc1cccc(C[C@H]2C(=O)N(c3ccc(Br)cc3)C[C@@H]2CO)c1. The van der Waals surface area contributed by atoms with Crippen LogP contribution in [0.5, 0.6) is 28.7 Å². The molecule has 0 radical (unpaired) electrons. The lowest BCUT2D eigenvalue weighted by Gasteiger charge is -2.17. The van der Waals surface area contributed by atoms with Gasteiger partial charge in [0.15, 0.2) is 0 Å². The molecule has 5 amide bonds. The number of ether oxygens (including phenoxy) is 5. The third-order valence-electron chi connectivity index (χ3n) is 22.9. The summed E-state index contributed by atoms with van der Waals surface area (Å²) >= 11 is 17.1. The zero-order valence-corrected chi connectivity index (χ0v) is 75.9. The molecule has 4 N–H and O–H groups in total. The lowest BCUT2D eigenvalue weighted by atomic mass is 9.87. The van der Waals surface area contributed by atoms with Crippen molar-refractivity contribution in [1.29, 1.82) is 0 Å². The second-order valence-electron chi connectivity index (χ2n) is 30.4. The van der Waals surface area contributed by atoms with Gasteiger partial charge in [0.05, 0.1) is 35.5 Å². The van der Waals surface area contributed by atoms with Crippen LogP contribution in [-0.4, -0.2) is 145 Å². The average Bonchev–Trinajstić information content (AvgIpc) is 1.68. The highest BCUT2D eigenvalue weighted by molar-refractivity contribution is 9.11. The molecule has 10 atom stereocenters. The number of carbonyl (C=O) groups excluding carboxylic acids is 5.